The molecule has 1 heterocycles. The number of amides is 1. The first-order chi connectivity index (χ1) is 9.45. The molecule has 0 spiro atoms. The van der Waals surface area contributed by atoms with Gasteiger partial charge >= 0.3 is 0 Å². The molecule has 4 nitrogen and oxygen atoms in total. The van der Waals surface area contributed by atoms with Gasteiger partial charge in [-0.1, -0.05) is 19.9 Å². The van der Waals surface area contributed by atoms with Crippen LogP contribution in [0.4, 0.5) is 5.69 Å². The normalized spacial score (nSPS) is 22.2. The Morgan fingerprint density at radius 3 is 2.70 bits per heavy atom. The molecule has 1 aromatic carbocycles. The SMILES string of the molecule is Cc1ccc(NC(=O)C2CC(CC(C)C)NN2)cc1C. The highest BCUT2D eigenvalue weighted by molar-refractivity contribution is 5.95. The van der Waals surface area contributed by atoms with Gasteiger partial charge in [0.15, 0.2) is 0 Å². The van der Waals surface area contributed by atoms with Gasteiger partial charge in [-0.3, -0.25) is 10.2 Å². The topological polar surface area (TPSA) is 53.2 Å². The van der Waals surface area contributed by atoms with Crippen molar-refractivity contribution in [2.45, 2.75) is 52.6 Å². The number of benzene rings is 1. The van der Waals surface area contributed by atoms with Gasteiger partial charge in [-0.15, -0.1) is 0 Å². The van der Waals surface area contributed by atoms with Crippen LogP contribution in [0.5, 0.6) is 0 Å². The molecule has 2 atom stereocenters. The Labute approximate surface area is 121 Å². The number of aryl methyl sites for hydroxylation is 2. The van der Waals surface area contributed by atoms with Gasteiger partial charge < -0.3 is 5.32 Å². The summed E-state index contributed by atoms with van der Waals surface area (Å²) in [6, 6.07) is 6.23. The van der Waals surface area contributed by atoms with Gasteiger partial charge in [-0.05, 0) is 55.9 Å². The molecule has 2 unspecified atom stereocenters. The lowest BCUT2D eigenvalue weighted by molar-refractivity contribution is -0.117. The summed E-state index contributed by atoms with van der Waals surface area (Å²) in [7, 11) is 0. The lowest BCUT2D eigenvalue weighted by atomic mass is 10.00. The molecule has 1 aliphatic rings. The summed E-state index contributed by atoms with van der Waals surface area (Å²) in [5.74, 6) is 0.669. The van der Waals surface area contributed by atoms with Crippen LogP contribution in [-0.2, 0) is 4.79 Å². The highest BCUT2D eigenvalue weighted by Gasteiger charge is 2.29. The molecule has 2 rings (SSSR count). The average Bonchev–Trinajstić information content (AvgIpc) is 2.81. The maximum atomic E-state index is 12.2. The molecule has 0 aromatic heterocycles. The number of rotatable bonds is 4. The molecule has 0 saturated carbocycles. The van der Waals surface area contributed by atoms with E-state index in [1.807, 2.05) is 18.2 Å². The van der Waals surface area contributed by atoms with Gasteiger partial charge in [0.05, 0.1) is 0 Å². The van der Waals surface area contributed by atoms with Crippen molar-refractivity contribution in [3.63, 3.8) is 0 Å². The molecule has 1 amide bonds. The van der Waals surface area contributed by atoms with Crippen molar-refractivity contribution >= 4 is 11.6 Å². The van der Waals surface area contributed by atoms with Crippen molar-refractivity contribution in [3.05, 3.63) is 29.3 Å². The predicted molar refractivity (Wildman–Crippen MR) is 82.5 cm³/mol. The zero-order chi connectivity index (χ0) is 14.7. The number of hydrogen-bond donors (Lipinski definition) is 3. The summed E-state index contributed by atoms with van der Waals surface area (Å²) in [6.07, 6.45) is 1.93. The van der Waals surface area contributed by atoms with E-state index in [1.54, 1.807) is 0 Å². The molecule has 0 radical (unpaired) electrons. The van der Waals surface area contributed by atoms with Crippen LogP contribution in [-0.4, -0.2) is 18.0 Å². The van der Waals surface area contributed by atoms with Crippen molar-refractivity contribution in [1.29, 1.82) is 0 Å². The summed E-state index contributed by atoms with van der Waals surface area (Å²) in [4.78, 5) is 12.2. The van der Waals surface area contributed by atoms with Crippen LogP contribution >= 0.6 is 0 Å². The summed E-state index contributed by atoms with van der Waals surface area (Å²) in [5.41, 5.74) is 9.61. The first-order valence-electron chi connectivity index (χ1n) is 7.35. The fraction of sp³-hybridized carbons (Fsp3) is 0.562. The van der Waals surface area contributed by atoms with E-state index in [9.17, 15) is 4.79 Å². The van der Waals surface area contributed by atoms with Crippen molar-refractivity contribution in [3.8, 4) is 0 Å². The van der Waals surface area contributed by atoms with Gasteiger partial charge in [0.25, 0.3) is 0 Å². The van der Waals surface area contributed by atoms with Crippen molar-refractivity contribution in [1.82, 2.24) is 10.9 Å². The molecule has 1 aliphatic heterocycles. The first-order valence-corrected chi connectivity index (χ1v) is 7.35. The third-order valence-electron chi connectivity index (χ3n) is 3.83. The lowest BCUT2D eigenvalue weighted by Crippen LogP contribution is -2.40. The first kappa shape index (κ1) is 15.0. The van der Waals surface area contributed by atoms with Gasteiger partial charge in [0.1, 0.15) is 6.04 Å². The van der Waals surface area contributed by atoms with E-state index < -0.39 is 0 Å². The number of nitrogens with one attached hydrogen (secondary N) is 3. The number of hydrazine groups is 1. The molecule has 3 N–H and O–H groups in total. The van der Waals surface area contributed by atoms with Crippen molar-refractivity contribution < 1.29 is 4.79 Å². The van der Waals surface area contributed by atoms with Crippen LogP contribution in [0.3, 0.4) is 0 Å². The minimum Gasteiger partial charge on any atom is -0.325 e. The van der Waals surface area contributed by atoms with Gasteiger partial charge in [0.2, 0.25) is 5.91 Å². The Morgan fingerprint density at radius 2 is 2.05 bits per heavy atom. The standard InChI is InChI=1S/C16H25N3O/c1-10(2)7-14-9-15(19-18-14)16(20)17-13-6-5-11(3)12(4)8-13/h5-6,8,10,14-15,18-19H,7,9H2,1-4H3,(H,17,20). The van der Waals surface area contributed by atoms with E-state index in [4.69, 9.17) is 0 Å². The van der Waals surface area contributed by atoms with E-state index in [0.717, 1.165) is 18.5 Å². The Hall–Kier alpha value is -1.39. The van der Waals surface area contributed by atoms with Crippen molar-refractivity contribution in [2.75, 3.05) is 5.32 Å². The molecular weight excluding hydrogens is 250 g/mol. The second kappa shape index (κ2) is 6.37. The summed E-state index contributed by atoms with van der Waals surface area (Å²) in [6.45, 7) is 8.52. The molecule has 110 valence electrons. The molecule has 1 saturated heterocycles. The van der Waals surface area contributed by atoms with Crippen LogP contribution in [0.25, 0.3) is 0 Å². The second-order valence-corrected chi connectivity index (χ2v) is 6.19. The minimum absolute atomic E-state index is 0.0343. The number of hydrogen-bond acceptors (Lipinski definition) is 3. The van der Waals surface area contributed by atoms with Gasteiger partial charge in [-0.25, -0.2) is 5.43 Å². The lowest BCUT2D eigenvalue weighted by Gasteiger charge is -2.12. The monoisotopic (exact) mass is 275 g/mol. The third-order valence-corrected chi connectivity index (χ3v) is 3.83. The smallest absolute Gasteiger partial charge is 0.242 e. The van der Waals surface area contributed by atoms with E-state index in [-0.39, 0.29) is 11.9 Å². The zero-order valence-corrected chi connectivity index (χ0v) is 12.8. The van der Waals surface area contributed by atoms with E-state index in [1.165, 1.54) is 11.1 Å². The van der Waals surface area contributed by atoms with Crippen molar-refractivity contribution in [2.24, 2.45) is 5.92 Å². The summed E-state index contributed by atoms with van der Waals surface area (Å²) >= 11 is 0. The third kappa shape index (κ3) is 3.81. The molecule has 1 aromatic rings. The fourth-order valence-corrected chi connectivity index (χ4v) is 2.57. The maximum Gasteiger partial charge on any atom is 0.242 e. The fourth-order valence-electron chi connectivity index (χ4n) is 2.57. The van der Waals surface area contributed by atoms with Gasteiger partial charge in [0, 0.05) is 11.7 Å². The predicted octanol–water partition coefficient (Wildman–Crippen LogP) is 2.52. The van der Waals surface area contributed by atoms with Crippen LogP contribution < -0.4 is 16.2 Å². The quantitative estimate of drug-likeness (QED) is 0.791. The molecule has 0 aliphatic carbocycles. The number of carbonyl (C=O) groups is 1. The Balaban J connectivity index is 1.91. The minimum atomic E-state index is -0.152. The Kier molecular flexibility index (Phi) is 4.78. The van der Waals surface area contributed by atoms with Crippen LogP contribution in [0.15, 0.2) is 18.2 Å². The largest absolute Gasteiger partial charge is 0.325 e. The van der Waals surface area contributed by atoms with Crippen LogP contribution in [0.2, 0.25) is 0 Å². The van der Waals surface area contributed by atoms with E-state index in [0.29, 0.717) is 12.0 Å². The molecular formula is C16H25N3O. The number of carbonyl (C=O) groups excluding carboxylic acids is 1. The molecule has 20 heavy (non-hydrogen) atoms. The Morgan fingerprint density at radius 1 is 1.30 bits per heavy atom. The van der Waals surface area contributed by atoms with Gasteiger partial charge in [-0.2, -0.15) is 0 Å². The molecule has 4 heteroatoms. The van der Waals surface area contributed by atoms with Crippen LogP contribution in [0, 0.1) is 19.8 Å². The van der Waals surface area contributed by atoms with E-state index >= 15 is 0 Å². The maximum absolute atomic E-state index is 12.2. The summed E-state index contributed by atoms with van der Waals surface area (Å²) in [5, 5.41) is 2.98. The zero-order valence-electron chi connectivity index (χ0n) is 12.8. The highest BCUT2D eigenvalue weighted by Crippen LogP contribution is 2.17. The average molecular weight is 275 g/mol. The molecule has 1 fully saturated rings. The highest BCUT2D eigenvalue weighted by atomic mass is 16.2. The molecule has 0 bridgehead atoms. The number of anilines is 1. The second-order valence-electron chi connectivity index (χ2n) is 6.19. The Bertz CT molecular complexity index is 485. The van der Waals surface area contributed by atoms with Crippen LogP contribution in [0.1, 0.15) is 37.8 Å². The summed E-state index contributed by atoms with van der Waals surface area (Å²) < 4.78 is 0. The van der Waals surface area contributed by atoms with E-state index in [2.05, 4.69) is 43.9 Å².